The van der Waals surface area contributed by atoms with Gasteiger partial charge in [-0.1, -0.05) is 101 Å². The summed E-state index contributed by atoms with van der Waals surface area (Å²) in [5.74, 6) is 2.58. The summed E-state index contributed by atoms with van der Waals surface area (Å²) in [7, 11) is 1.67. The highest BCUT2D eigenvalue weighted by molar-refractivity contribution is 5.29. The Bertz CT molecular complexity index is 1180. The van der Waals surface area contributed by atoms with Crippen molar-refractivity contribution in [3.8, 4) is 17.2 Å². The molecule has 0 saturated heterocycles. The SMILES string of the molecule is COc1cc2nc(c1)COCc1ccc(cc1)OCCCCCCCCC/C=C/CCCCCCCCCOc1ccc(cc1)COC2. The van der Waals surface area contributed by atoms with Gasteiger partial charge >= 0.3 is 0 Å². The predicted molar refractivity (Wildman–Crippen MR) is 195 cm³/mol. The van der Waals surface area contributed by atoms with E-state index < -0.39 is 0 Å². The molecule has 0 radical (unpaired) electrons. The molecule has 6 rings (SSSR count). The van der Waals surface area contributed by atoms with Crippen molar-refractivity contribution < 1.29 is 23.7 Å². The van der Waals surface area contributed by atoms with E-state index in [1.54, 1.807) is 7.11 Å². The molecular formula is C42H59NO5. The van der Waals surface area contributed by atoms with Crippen LogP contribution in [0.15, 0.2) is 72.8 Å². The van der Waals surface area contributed by atoms with Gasteiger partial charge in [-0.25, -0.2) is 0 Å². The molecule has 3 aliphatic rings. The Labute approximate surface area is 290 Å². The van der Waals surface area contributed by atoms with Gasteiger partial charge in [0.25, 0.3) is 0 Å². The zero-order valence-electron chi connectivity index (χ0n) is 29.5. The zero-order chi connectivity index (χ0) is 33.3. The molecule has 0 aliphatic carbocycles. The normalized spacial score (nSPS) is 18.7. The molecule has 6 bridgehead atoms. The third-order valence-electron chi connectivity index (χ3n) is 8.76. The van der Waals surface area contributed by atoms with Crippen LogP contribution < -0.4 is 14.2 Å². The van der Waals surface area contributed by atoms with E-state index in [-0.39, 0.29) is 0 Å². The van der Waals surface area contributed by atoms with Crippen LogP contribution in [0.2, 0.25) is 0 Å². The van der Waals surface area contributed by atoms with Crippen molar-refractivity contribution in [1.82, 2.24) is 4.98 Å². The molecule has 0 amide bonds. The second-order valence-corrected chi connectivity index (χ2v) is 13.0. The van der Waals surface area contributed by atoms with Gasteiger partial charge in [-0.15, -0.1) is 0 Å². The van der Waals surface area contributed by atoms with Crippen molar-refractivity contribution in [1.29, 1.82) is 0 Å². The second-order valence-electron chi connectivity index (χ2n) is 13.0. The van der Waals surface area contributed by atoms with E-state index >= 15 is 0 Å². The molecule has 0 atom stereocenters. The lowest BCUT2D eigenvalue weighted by atomic mass is 10.1. The molecule has 0 spiro atoms. The maximum atomic E-state index is 6.00. The number of methoxy groups -OCH3 is 1. The maximum Gasteiger partial charge on any atom is 0.122 e. The standard InChI is InChI=1S/C42H59NO5/c1-44-42-30-38-34-45-32-36-20-24-40(25-21-36)47-28-18-16-14-12-10-8-6-4-2-3-5-7-9-11-13-15-17-19-29-48-41-26-22-37(23-27-41)33-46-35-39(31-42)43-38/h2-3,20-27,30-31H,4-19,28-29,32-35H2,1H3/b3-2+. The largest absolute Gasteiger partial charge is 0.497 e. The first-order valence-electron chi connectivity index (χ1n) is 18.6. The van der Waals surface area contributed by atoms with Crippen LogP contribution in [-0.4, -0.2) is 25.3 Å². The highest BCUT2D eigenvalue weighted by Gasteiger charge is 2.06. The van der Waals surface area contributed by atoms with Crippen LogP contribution in [0.25, 0.3) is 0 Å². The fourth-order valence-electron chi connectivity index (χ4n) is 5.91. The van der Waals surface area contributed by atoms with Crippen LogP contribution in [0, 0.1) is 0 Å². The van der Waals surface area contributed by atoms with E-state index in [1.807, 2.05) is 36.4 Å². The summed E-state index contributed by atoms with van der Waals surface area (Å²) in [6.07, 6.45) is 25.3. The van der Waals surface area contributed by atoms with Crippen LogP contribution in [0.1, 0.15) is 125 Å². The lowest BCUT2D eigenvalue weighted by molar-refractivity contribution is 0.0977. The van der Waals surface area contributed by atoms with Crippen molar-refractivity contribution >= 4 is 0 Å². The number of fused-ring (bicyclic) bond motifs is 2. The first-order valence-corrected chi connectivity index (χ1v) is 18.6. The molecule has 3 aromatic rings. The number of hydrogen-bond donors (Lipinski definition) is 0. The summed E-state index contributed by atoms with van der Waals surface area (Å²) < 4.78 is 29.5. The van der Waals surface area contributed by atoms with Crippen LogP contribution in [-0.2, 0) is 35.9 Å². The van der Waals surface area contributed by atoms with Gasteiger partial charge in [0, 0.05) is 12.1 Å². The summed E-state index contributed by atoms with van der Waals surface area (Å²) in [6.45, 7) is 3.33. The highest BCUT2D eigenvalue weighted by Crippen LogP contribution is 2.19. The molecule has 0 unspecified atom stereocenters. The Balaban J connectivity index is 1.23. The quantitative estimate of drug-likeness (QED) is 0.243. The van der Waals surface area contributed by atoms with E-state index in [2.05, 4.69) is 36.4 Å². The van der Waals surface area contributed by atoms with Gasteiger partial charge in [-0.3, -0.25) is 4.98 Å². The summed E-state index contributed by atoms with van der Waals surface area (Å²) >= 11 is 0. The van der Waals surface area contributed by atoms with E-state index in [0.29, 0.717) is 26.4 Å². The van der Waals surface area contributed by atoms with Crippen LogP contribution in [0.5, 0.6) is 17.2 Å². The minimum absolute atomic E-state index is 0.390. The minimum Gasteiger partial charge on any atom is -0.497 e. The topological polar surface area (TPSA) is 59.0 Å². The van der Waals surface area contributed by atoms with Crippen LogP contribution >= 0.6 is 0 Å². The van der Waals surface area contributed by atoms with Crippen molar-refractivity contribution in [2.75, 3.05) is 20.3 Å². The molecule has 6 nitrogen and oxygen atoms in total. The van der Waals surface area contributed by atoms with Crippen LogP contribution in [0.4, 0.5) is 0 Å². The fraction of sp³-hybridized carbons (Fsp3) is 0.548. The fourth-order valence-corrected chi connectivity index (χ4v) is 5.91. The number of benzene rings is 2. The molecule has 262 valence electrons. The van der Waals surface area contributed by atoms with Gasteiger partial charge in [-0.2, -0.15) is 0 Å². The number of ether oxygens (including phenoxy) is 5. The lowest BCUT2D eigenvalue weighted by Crippen LogP contribution is -2.03. The molecular weight excluding hydrogens is 598 g/mol. The summed E-state index contributed by atoms with van der Waals surface area (Å²) in [6, 6.07) is 20.2. The van der Waals surface area contributed by atoms with Gasteiger partial charge in [-0.05, 0) is 73.9 Å². The number of nitrogens with zero attached hydrogens (tertiary/aromatic N) is 1. The number of rotatable bonds is 1. The lowest BCUT2D eigenvalue weighted by Gasteiger charge is -2.11. The summed E-state index contributed by atoms with van der Waals surface area (Å²) in [4.78, 5) is 4.75. The first-order chi connectivity index (χ1) is 23.8. The molecule has 48 heavy (non-hydrogen) atoms. The summed E-state index contributed by atoms with van der Waals surface area (Å²) in [5, 5.41) is 0. The number of hydrogen-bond acceptors (Lipinski definition) is 6. The minimum atomic E-state index is 0.390. The molecule has 3 aliphatic heterocycles. The first kappa shape index (κ1) is 37.5. The number of allylic oxidation sites excluding steroid dienone is 2. The van der Waals surface area contributed by atoms with Crippen molar-refractivity contribution in [3.63, 3.8) is 0 Å². The average Bonchev–Trinajstić information content (AvgIpc) is 3.11. The highest BCUT2D eigenvalue weighted by atomic mass is 16.5. The Morgan fingerprint density at radius 2 is 0.875 bits per heavy atom. The Kier molecular flexibility index (Phi) is 18.6. The Hall–Kier alpha value is -3.35. The van der Waals surface area contributed by atoms with Crippen molar-refractivity contribution in [2.24, 2.45) is 0 Å². The van der Waals surface area contributed by atoms with E-state index in [0.717, 1.165) is 65.8 Å². The van der Waals surface area contributed by atoms with E-state index in [1.165, 1.54) is 89.9 Å². The smallest absolute Gasteiger partial charge is 0.122 e. The molecule has 0 N–H and O–H groups in total. The van der Waals surface area contributed by atoms with Gasteiger partial charge in [0.2, 0.25) is 0 Å². The van der Waals surface area contributed by atoms with Crippen LogP contribution in [0.3, 0.4) is 0 Å². The molecule has 4 heterocycles. The molecule has 0 fully saturated rings. The molecule has 0 saturated carbocycles. The van der Waals surface area contributed by atoms with Gasteiger partial charge < -0.3 is 23.7 Å². The number of pyridine rings is 1. The molecule has 6 heteroatoms. The van der Waals surface area contributed by atoms with E-state index in [4.69, 9.17) is 28.7 Å². The van der Waals surface area contributed by atoms with Gasteiger partial charge in [0.05, 0.1) is 58.1 Å². The molecule has 1 aromatic heterocycles. The third kappa shape index (κ3) is 16.2. The second kappa shape index (κ2) is 23.9. The molecule has 2 aromatic carbocycles. The average molecular weight is 658 g/mol. The Morgan fingerprint density at radius 3 is 1.29 bits per heavy atom. The maximum absolute atomic E-state index is 6.00. The third-order valence-corrected chi connectivity index (χ3v) is 8.76. The van der Waals surface area contributed by atoms with Crippen molar-refractivity contribution in [3.05, 3.63) is 95.3 Å². The number of aromatic nitrogens is 1. The van der Waals surface area contributed by atoms with Crippen molar-refractivity contribution in [2.45, 2.75) is 129 Å². The summed E-state index contributed by atoms with van der Waals surface area (Å²) in [5.41, 5.74) is 3.84. The van der Waals surface area contributed by atoms with E-state index in [9.17, 15) is 0 Å². The Morgan fingerprint density at radius 1 is 0.479 bits per heavy atom. The monoisotopic (exact) mass is 657 g/mol. The van der Waals surface area contributed by atoms with Gasteiger partial charge in [0.1, 0.15) is 17.2 Å². The zero-order valence-corrected chi connectivity index (χ0v) is 29.5. The predicted octanol–water partition coefficient (Wildman–Crippen LogP) is 11.1. The van der Waals surface area contributed by atoms with Gasteiger partial charge in [0.15, 0.2) is 0 Å².